The van der Waals surface area contributed by atoms with Crippen molar-refractivity contribution in [1.29, 1.82) is 0 Å². The van der Waals surface area contributed by atoms with E-state index < -0.39 is 0 Å². The maximum atomic E-state index is 11.8. The molecule has 1 rings (SSSR count). The molecule has 0 aromatic rings. The molecule has 0 aliphatic carbocycles. The van der Waals surface area contributed by atoms with Crippen molar-refractivity contribution in [3.05, 3.63) is 0 Å². The van der Waals surface area contributed by atoms with Crippen LogP contribution in [0.4, 0.5) is 0 Å². The summed E-state index contributed by atoms with van der Waals surface area (Å²) < 4.78 is 5.20. The molecule has 1 fully saturated rings. The van der Waals surface area contributed by atoms with Crippen molar-refractivity contribution in [3.8, 4) is 0 Å². The lowest BCUT2D eigenvalue weighted by Crippen LogP contribution is -2.49. The van der Waals surface area contributed by atoms with Gasteiger partial charge in [-0.1, -0.05) is 6.92 Å². The zero-order chi connectivity index (χ0) is 10.4. The average molecular weight is 200 g/mol. The van der Waals surface area contributed by atoms with Gasteiger partial charge in [-0.2, -0.15) is 0 Å². The normalized spacial score (nSPS) is 19.4. The Morgan fingerprint density at radius 2 is 2.14 bits per heavy atom. The molecule has 0 aromatic heterocycles. The van der Waals surface area contributed by atoms with Gasteiger partial charge < -0.3 is 15.0 Å². The third kappa shape index (κ3) is 3.27. The van der Waals surface area contributed by atoms with Gasteiger partial charge in [-0.05, 0) is 19.9 Å². The molecular weight excluding hydrogens is 180 g/mol. The van der Waals surface area contributed by atoms with E-state index in [0.29, 0.717) is 13.2 Å². The molecule has 82 valence electrons. The van der Waals surface area contributed by atoms with E-state index >= 15 is 0 Å². The number of carbonyl (C=O) groups is 1. The van der Waals surface area contributed by atoms with E-state index in [1.54, 1.807) is 0 Å². The van der Waals surface area contributed by atoms with Gasteiger partial charge >= 0.3 is 0 Å². The molecule has 0 radical (unpaired) electrons. The first-order valence-corrected chi connectivity index (χ1v) is 5.35. The number of nitrogens with zero attached hydrogens (tertiary/aromatic N) is 1. The fourth-order valence-corrected chi connectivity index (χ4v) is 1.51. The molecule has 1 N–H and O–H groups in total. The van der Waals surface area contributed by atoms with E-state index in [4.69, 9.17) is 4.74 Å². The van der Waals surface area contributed by atoms with Gasteiger partial charge in [0.1, 0.15) is 0 Å². The minimum Gasteiger partial charge on any atom is -0.378 e. The Morgan fingerprint density at radius 1 is 1.50 bits per heavy atom. The van der Waals surface area contributed by atoms with E-state index in [9.17, 15) is 4.79 Å². The van der Waals surface area contributed by atoms with Crippen molar-refractivity contribution in [2.45, 2.75) is 26.3 Å². The van der Waals surface area contributed by atoms with Gasteiger partial charge in [0.25, 0.3) is 0 Å². The van der Waals surface area contributed by atoms with Crippen LogP contribution in [0.5, 0.6) is 0 Å². The van der Waals surface area contributed by atoms with Gasteiger partial charge in [0.2, 0.25) is 5.91 Å². The molecule has 0 spiro atoms. The Hall–Kier alpha value is -0.610. The number of nitrogens with one attached hydrogen (secondary N) is 1. The standard InChI is InChI=1S/C10H20N2O2/c1-3-4-11-9(2)10(13)12-5-7-14-8-6-12/h9,11H,3-8H2,1-2H3. The molecule has 0 saturated carbocycles. The van der Waals surface area contributed by atoms with E-state index in [0.717, 1.165) is 26.1 Å². The van der Waals surface area contributed by atoms with E-state index in [2.05, 4.69) is 12.2 Å². The molecule has 0 bridgehead atoms. The maximum Gasteiger partial charge on any atom is 0.239 e. The molecular formula is C10H20N2O2. The van der Waals surface area contributed by atoms with Gasteiger partial charge in [0.05, 0.1) is 19.3 Å². The van der Waals surface area contributed by atoms with E-state index in [-0.39, 0.29) is 11.9 Å². The molecule has 4 nitrogen and oxygen atoms in total. The number of amides is 1. The fourth-order valence-electron chi connectivity index (χ4n) is 1.51. The highest BCUT2D eigenvalue weighted by Crippen LogP contribution is 2.00. The summed E-state index contributed by atoms with van der Waals surface area (Å²) in [6.45, 7) is 7.73. The molecule has 4 heteroatoms. The third-order valence-corrected chi connectivity index (χ3v) is 2.39. The monoisotopic (exact) mass is 200 g/mol. The highest BCUT2D eigenvalue weighted by Gasteiger charge is 2.21. The predicted octanol–water partition coefficient (Wildman–Crippen LogP) is 0.233. The first-order valence-electron chi connectivity index (χ1n) is 5.35. The minimum atomic E-state index is -0.0620. The van der Waals surface area contributed by atoms with E-state index in [1.807, 2.05) is 11.8 Å². The topological polar surface area (TPSA) is 41.6 Å². The summed E-state index contributed by atoms with van der Waals surface area (Å²) in [5.74, 6) is 0.196. The van der Waals surface area contributed by atoms with Crippen LogP contribution in [0.25, 0.3) is 0 Å². The SMILES string of the molecule is CCCNC(C)C(=O)N1CCOCC1. The van der Waals surface area contributed by atoms with Crippen LogP contribution < -0.4 is 5.32 Å². The number of carbonyl (C=O) groups excluding carboxylic acids is 1. The molecule has 1 aliphatic heterocycles. The largest absolute Gasteiger partial charge is 0.378 e. The van der Waals surface area contributed by atoms with E-state index in [1.165, 1.54) is 0 Å². The van der Waals surface area contributed by atoms with Crippen LogP contribution in [0, 0.1) is 0 Å². The van der Waals surface area contributed by atoms with Gasteiger partial charge in [-0.15, -0.1) is 0 Å². The van der Waals surface area contributed by atoms with Crippen LogP contribution in [0.15, 0.2) is 0 Å². The van der Waals surface area contributed by atoms with Crippen molar-refractivity contribution in [2.75, 3.05) is 32.8 Å². The second-order valence-electron chi connectivity index (χ2n) is 3.61. The van der Waals surface area contributed by atoms with Gasteiger partial charge in [0.15, 0.2) is 0 Å². The fraction of sp³-hybridized carbons (Fsp3) is 0.900. The molecule has 0 aromatic carbocycles. The van der Waals surface area contributed by atoms with Crippen molar-refractivity contribution in [1.82, 2.24) is 10.2 Å². The number of rotatable bonds is 4. The maximum absolute atomic E-state index is 11.8. The lowest BCUT2D eigenvalue weighted by molar-refractivity contribution is -0.137. The van der Waals surface area contributed by atoms with Crippen LogP contribution in [-0.4, -0.2) is 49.7 Å². The van der Waals surface area contributed by atoms with Crippen molar-refractivity contribution >= 4 is 5.91 Å². The Kier molecular flexibility index (Phi) is 4.90. The summed E-state index contributed by atoms with van der Waals surface area (Å²) >= 11 is 0. The second kappa shape index (κ2) is 5.98. The summed E-state index contributed by atoms with van der Waals surface area (Å²) in [7, 11) is 0. The van der Waals surface area contributed by atoms with Crippen LogP contribution in [0.2, 0.25) is 0 Å². The van der Waals surface area contributed by atoms with Gasteiger partial charge in [-0.25, -0.2) is 0 Å². The second-order valence-corrected chi connectivity index (χ2v) is 3.61. The number of morpholine rings is 1. The summed E-state index contributed by atoms with van der Waals surface area (Å²) in [5.41, 5.74) is 0. The molecule has 14 heavy (non-hydrogen) atoms. The number of ether oxygens (including phenoxy) is 1. The highest BCUT2D eigenvalue weighted by molar-refractivity contribution is 5.81. The van der Waals surface area contributed by atoms with Crippen LogP contribution in [0.1, 0.15) is 20.3 Å². The van der Waals surface area contributed by atoms with Crippen LogP contribution >= 0.6 is 0 Å². The Bertz CT molecular complexity index is 179. The lowest BCUT2D eigenvalue weighted by atomic mass is 10.2. The summed E-state index contributed by atoms with van der Waals surface area (Å²) in [6.07, 6.45) is 1.06. The third-order valence-electron chi connectivity index (χ3n) is 2.39. The highest BCUT2D eigenvalue weighted by atomic mass is 16.5. The Morgan fingerprint density at radius 3 is 2.71 bits per heavy atom. The predicted molar refractivity (Wildman–Crippen MR) is 55.2 cm³/mol. The van der Waals surface area contributed by atoms with Gasteiger partial charge in [-0.3, -0.25) is 4.79 Å². The Balaban J connectivity index is 2.30. The van der Waals surface area contributed by atoms with Crippen molar-refractivity contribution in [2.24, 2.45) is 0 Å². The average Bonchev–Trinajstić information content (AvgIpc) is 2.26. The molecule has 1 heterocycles. The first-order chi connectivity index (χ1) is 6.75. The quantitative estimate of drug-likeness (QED) is 0.706. The van der Waals surface area contributed by atoms with Crippen LogP contribution in [-0.2, 0) is 9.53 Å². The number of hydrogen-bond acceptors (Lipinski definition) is 3. The van der Waals surface area contributed by atoms with Crippen molar-refractivity contribution < 1.29 is 9.53 Å². The summed E-state index contributed by atoms with van der Waals surface area (Å²) in [5, 5.41) is 3.20. The zero-order valence-electron chi connectivity index (χ0n) is 9.08. The molecule has 1 aliphatic rings. The number of hydrogen-bond donors (Lipinski definition) is 1. The smallest absolute Gasteiger partial charge is 0.239 e. The lowest BCUT2D eigenvalue weighted by Gasteiger charge is -2.29. The van der Waals surface area contributed by atoms with Crippen LogP contribution in [0.3, 0.4) is 0 Å². The molecule has 1 amide bonds. The first kappa shape index (κ1) is 11.5. The van der Waals surface area contributed by atoms with Crippen molar-refractivity contribution in [3.63, 3.8) is 0 Å². The minimum absolute atomic E-state index is 0.0620. The molecule has 1 unspecified atom stereocenters. The molecule has 1 atom stereocenters. The zero-order valence-corrected chi connectivity index (χ0v) is 9.08. The molecule has 1 saturated heterocycles. The Labute approximate surface area is 85.6 Å². The summed E-state index contributed by atoms with van der Waals surface area (Å²) in [6, 6.07) is -0.0620. The summed E-state index contributed by atoms with van der Waals surface area (Å²) in [4.78, 5) is 13.7. The van der Waals surface area contributed by atoms with Gasteiger partial charge in [0, 0.05) is 13.1 Å².